The summed E-state index contributed by atoms with van der Waals surface area (Å²) in [6.07, 6.45) is 5.51. The summed E-state index contributed by atoms with van der Waals surface area (Å²) in [6, 6.07) is 7.77. The first-order chi connectivity index (χ1) is 10.1. The predicted molar refractivity (Wildman–Crippen MR) is 87.4 cm³/mol. The van der Waals surface area contributed by atoms with Gasteiger partial charge in [-0.15, -0.1) is 0 Å². The van der Waals surface area contributed by atoms with Gasteiger partial charge in [-0.3, -0.25) is 0 Å². The van der Waals surface area contributed by atoms with E-state index >= 15 is 0 Å². The van der Waals surface area contributed by atoms with Crippen molar-refractivity contribution in [3.8, 4) is 0 Å². The molecule has 0 fully saturated rings. The Kier molecular flexibility index (Phi) is 3.35. The van der Waals surface area contributed by atoms with Gasteiger partial charge in [0.25, 0.3) is 0 Å². The van der Waals surface area contributed by atoms with E-state index in [1.54, 1.807) is 18.3 Å². The molecule has 0 saturated carbocycles. The topological polar surface area (TPSA) is 30.2 Å². The van der Waals surface area contributed by atoms with Crippen LogP contribution < -0.4 is 0 Å². The largest absolute Gasteiger partial charge is 0.241 e. The van der Waals surface area contributed by atoms with Crippen molar-refractivity contribution in [2.75, 3.05) is 0 Å². The third-order valence-electron chi connectivity index (χ3n) is 3.50. The lowest BCUT2D eigenvalue weighted by atomic mass is 9.99. The highest BCUT2D eigenvalue weighted by molar-refractivity contribution is 6.29. The molecule has 0 aromatic carbocycles. The minimum Gasteiger partial charge on any atom is -0.241 e. The molecule has 0 bridgehead atoms. The van der Waals surface area contributed by atoms with Crippen LogP contribution in [0.4, 0.5) is 0 Å². The smallest absolute Gasteiger partial charge is 0.129 e. The molecule has 3 rings (SSSR count). The molecular weight excluding hydrogens is 282 g/mol. The van der Waals surface area contributed by atoms with Gasteiger partial charge in [0.15, 0.2) is 0 Å². The van der Waals surface area contributed by atoms with Crippen molar-refractivity contribution in [1.82, 2.24) is 14.6 Å². The molecule has 0 saturated heterocycles. The highest BCUT2D eigenvalue weighted by atomic mass is 35.5. The summed E-state index contributed by atoms with van der Waals surface area (Å²) in [7, 11) is 0. The van der Waals surface area contributed by atoms with Crippen LogP contribution in [0.15, 0.2) is 49.8 Å². The summed E-state index contributed by atoms with van der Waals surface area (Å²) in [4.78, 5) is 4.28. The van der Waals surface area contributed by atoms with Crippen LogP contribution in [0.3, 0.4) is 0 Å². The van der Waals surface area contributed by atoms with Gasteiger partial charge in [0.1, 0.15) is 5.15 Å². The van der Waals surface area contributed by atoms with Crippen molar-refractivity contribution in [1.29, 1.82) is 0 Å². The number of nitrogens with zero attached hydrogens (tertiary/aromatic N) is 3. The van der Waals surface area contributed by atoms with Crippen molar-refractivity contribution in [3.63, 3.8) is 0 Å². The van der Waals surface area contributed by atoms with E-state index in [0.29, 0.717) is 5.15 Å². The Bertz CT molecular complexity index is 862. The molecule has 104 valence electrons. The lowest BCUT2D eigenvalue weighted by Gasteiger charge is -2.10. The molecule has 0 aliphatic rings. The minimum atomic E-state index is 0.490. The van der Waals surface area contributed by atoms with Crippen LogP contribution in [-0.2, 0) is 0 Å². The summed E-state index contributed by atoms with van der Waals surface area (Å²) >= 11 is 5.91. The minimum absolute atomic E-state index is 0.490. The van der Waals surface area contributed by atoms with Crippen molar-refractivity contribution in [2.45, 2.75) is 6.92 Å². The van der Waals surface area contributed by atoms with Crippen molar-refractivity contribution >= 4 is 28.8 Å². The first-order valence-corrected chi connectivity index (χ1v) is 6.90. The zero-order valence-corrected chi connectivity index (χ0v) is 12.4. The first kappa shape index (κ1) is 13.6. The Morgan fingerprint density at radius 2 is 2.14 bits per heavy atom. The van der Waals surface area contributed by atoms with E-state index in [1.807, 2.05) is 29.8 Å². The fourth-order valence-corrected chi connectivity index (χ4v) is 2.54. The van der Waals surface area contributed by atoms with Crippen molar-refractivity contribution in [2.24, 2.45) is 0 Å². The van der Waals surface area contributed by atoms with E-state index in [1.165, 1.54) is 0 Å². The maximum atomic E-state index is 5.91. The summed E-state index contributed by atoms with van der Waals surface area (Å²) in [5.74, 6) is 0. The molecule has 0 atom stereocenters. The van der Waals surface area contributed by atoms with E-state index in [2.05, 4.69) is 29.3 Å². The van der Waals surface area contributed by atoms with Gasteiger partial charge in [0, 0.05) is 23.0 Å². The fraction of sp³-hybridized carbons (Fsp3) is 0.0588. The zero-order valence-electron chi connectivity index (χ0n) is 11.7. The van der Waals surface area contributed by atoms with Crippen LogP contribution in [0.2, 0.25) is 5.15 Å². The van der Waals surface area contributed by atoms with Gasteiger partial charge >= 0.3 is 0 Å². The number of fused-ring (bicyclic) bond motifs is 1. The number of pyridine rings is 2. The molecule has 3 nitrogen and oxygen atoms in total. The average molecular weight is 296 g/mol. The van der Waals surface area contributed by atoms with Crippen LogP contribution in [0.1, 0.15) is 22.4 Å². The summed E-state index contributed by atoms with van der Waals surface area (Å²) in [5.41, 5.74) is 5.79. The van der Waals surface area contributed by atoms with Crippen LogP contribution in [0.5, 0.6) is 0 Å². The van der Waals surface area contributed by atoms with E-state index in [4.69, 9.17) is 11.6 Å². The normalized spacial score (nSPS) is 10.8. The van der Waals surface area contributed by atoms with Crippen LogP contribution in [-0.4, -0.2) is 14.6 Å². The number of halogens is 1. The van der Waals surface area contributed by atoms with Gasteiger partial charge in [-0.25, -0.2) is 9.50 Å². The lowest BCUT2D eigenvalue weighted by molar-refractivity contribution is 0.960. The van der Waals surface area contributed by atoms with Crippen LogP contribution in [0, 0.1) is 6.92 Å². The predicted octanol–water partition coefficient (Wildman–Crippen LogP) is 4.40. The third-order valence-corrected chi connectivity index (χ3v) is 3.71. The molecule has 0 radical (unpaired) electrons. The van der Waals surface area contributed by atoms with Crippen LogP contribution in [0.25, 0.3) is 17.2 Å². The van der Waals surface area contributed by atoms with Gasteiger partial charge in [0.05, 0.1) is 11.7 Å². The lowest BCUT2D eigenvalue weighted by Crippen LogP contribution is -1.95. The summed E-state index contributed by atoms with van der Waals surface area (Å²) < 4.78 is 1.82. The second-order valence-corrected chi connectivity index (χ2v) is 5.18. The summed E-state index contributed by atoms with van der Waals surface area (Å²) in [5, 5.41) is 4.77. The van der Waals surface area contributed by atoms with Gasteiger partial charge in [0.2, 0.25) is 0 Å². The molecule has 0 spiro atoms. The van der Waals surface area contributed by atoms with Crippen molar-refractivity contribution < 1.29 is 0 Å². The Morgan fingerprint density at radius 1 is 1.33 bits per heavy atom. The second kappa shape index (κ2) is 5.19. The molecule has 0 amide bonds. The fourth-order valence-electron chi connectivity index (χ4n) is 2.35. The average Bonchev–Trinajstić information content (AvgIpc) is 2.88. The molecule has 0 aliphatic heterocycles. The monoisotopic (exact) mass is 295 g/mol. The maximum Gasteiger partial charge on any atom is 0.129 e. The third kappa shape index (κ3) is 2.36. The van der Waals surface area contributed by atoms with Crippen molar-refractivity contribution in [3.05, 3.63) is 77.4 Å². The van der Waals surface area contributed by atoms with E-state index < -0.39 is 0 Å². The molecule has 21 heavy (non-hydrogen) atoms. The Balaban J connectivity index is 2.10. The van der Waals surface area contributed by atoms with E-state index in [0.717, 1.165) is 33.5 Å². The molecule has 3 aromatic heterocycles. The molecule has 0 N–H and O–H groups in total. The standard InChI is InChI=1S/C17H14ClN3/c1-4-13-10-19-21-8-7-14(9-16(13)21)11(2)15-5-6-17(18)20-12(15)3/h4-10H,1-2H2,3H3. The van der Waals surface area contributed by atoms with Crippen LogP contribution >= 0.6 is 11.6 Å². The molecule has 4 heteroatoms. The highest BCUT2D eigenvalue weighted by Crippen LogP contribution is 2.26. The van der Waals surface area contributed by atoms with Gasteiger partial charge in [-0.2, -0.15) is 5.10 Å². The van der Waals surface area contributed by atoms with E-state index in [-0.39, 0.29) is 0 Å². The molecule has 3 heterocycles. The maximum absolute atomic E-state index is 5.91. The quantitative estimate of drug-likeness (QED) is 0.671. The molecule has 0 aliphatic carbocycles. The van der Waals surface area contributed by atoms with E-state index in [9.17, 15) is 0 Å². The van der Waals surface area contributed by atoms with Gasteiger partial charge in [-0.05, 0) is 42.3 Å². The number of hydrogen-bond acceptors (Lipinski definition) is 2. The molecular formula is C17H14ClN3. The Labute approximate surface area is 128 Å². The number of aromatic nitrogens is 3. The Morgan fingerprint density at radius 3 is 2.86 bits per heavy atom. The Hall–Kier alpha value is -2.39. The first-order valence-electron chi connectivity index (χ1n) is 6.53. The summed E-state index contributed by atoms with van der Waals surface area (Å²) in [6.45, 7) is 9.93. The SMILES string of the molecule is C=Cc1cnn2ccc(C(=C)c3ccc(Cl)nc3C)cc12. The molecule has 3 aromatic rings. The number of aryl methyl sites for hydroxylation is 1. The zero-order chi connectivity index (χ0) is 15.0. The van der Waals surface area contributed by atoms with Gasteiger partial charge in [-0.1, -0.05) is 30.8 Å². The van der Waals surface area contributed by atoms with Gasteiger partial charge < -0.3 is 0 Å². The molecule has 0 unspecified atom stereocenters. The highest BCUT2D eigenvalue weighted by Gasteiger charge is 2.09. The number of hydrogen-bond donors (Lipinski definition) is 0. The second-order valence-electron chi connectivity index (χ2n) is 4.79. The number of rotatable bonds is 3.